The van der Waals surface area contributed by atoms with Crippen molar-refractivity contribution in [1.82, 2.24) is 4.90 Å². The summed E-state index contributed by atoms with van der Waals surface area (Å²) in [5, 5.41) is 2.94. The number of nitrogens with zero attached hydrogens (tertiary/aromatic N) is 1. The summed E-state index contributed by atoms with van der Waals surface area (Å²) in [6.45, 7) is 1.15. The number of carbonyl (C=O) groups excluding carboxylic acids is 2. The van der Waals surface area contributed by atoms with Gasteiger partial charge in [0.1, 0.15) is 0 Å². The van der Waals surface area contributed by atoms with E-state index >= 15 is 0 Å². The lowest BCUT2D eigenvalue weighted by Gasteiger charge is -2.31. The van der Waals surface area contributed by atoms with Gasteiger partial charge in [0.05, 0.1) is 5.92 Å². The van der Waals surface area contributed by atoms with Gasteiger partial charge in [-0.05, 0) is 48.7 Å². The molecule has 0 aromatic heterocycles. The van der Waals surface area contributed by atoms with Crippen LogP contribution in [0.15, 0.2) is 65.1 Å². The standard InChI is InChI=1S/C21H21BrN2O2/c22-18-8-4-6-16(14-18)11-12-20(25)24-13-5-7-17(15-24)21(26)23-19-9-2-1-3-10-19/h1-4,6,8-12,14,17H,5,7,13,15H2,(H,23,26). The first-order chi connectivity index (χ1) is 12.6. The molecule has 5 heteroatoms. The number of benzene rings is 2. The first kappa shape index (κ1) is 18.4. The Morgan fingerprint density at radius 1 is 1.12 bits per heavy atom. The molecule has 1 atom stereocenters. The monoisotopic (exact) mass is 412 g/mol. The van der Waals surface area contributed by atoms with Crippen molar-refractivity contribution in [3.8, 4) is 0 Å². The molecule has 3 rings (SSSR count). The number of carbonyl (C=O) groups is 2. The second-order valence-electron chi connectivity index (χ2n) is 6.37. The summed E-state index contributed by atoms with van der Waals surface area (Å²) < 4.78 is 0.975. The third-order valence-corrected chi connectivity index (χ3v) is 4.91. The number of hydrogen-bond acceptors (Lipinski definition) is 2. The van der Waals surface area contributed by atoms with Crippen LogP contribution in [0.2, 0.25) is 0 Å². The summed E-state index contributed by atoms with van der Waals surface area (Å²) in [4.78, 5) is 26.7. The van der Waals surface area contributed by atoms with E-state index in [0.717, 1.165) is 28.6 Å². The van der Waals surface area contributed by atoms with Crippen LogP contribution < -0.4 is 5.32 Å². The first-order valence-electron chi connectivity index (χ1n) is 8.70. The third kappa shape index (κ3) is 5.05. The normalized spacial score (nSPS) is 17.3. The summed E-state index contributed by atoms with van der Waals surface area (Å²) >= 11 is 3.42. The molecular weight excluding hydrogens is 392 g/mol. The molecule has 1 unspecified atom stereocenters. The van der Waals surface area contributed by atoms with Crippen molar-refractivity contribution < 1.29 is 9.59 Å². The predicted octanol–water partition coefficient (Wildman–Crippen LogP) is 4.34. The second kappa shape index (κ2) is 8.81. The lowest BCUT2D eigenvalue weighted by atomic mass is 9.97. The van der Waals surface area contributed by atoms with Crippen LogP contribution in [0, 0.1) is 5.92 Å². The number of piperidine rings is 1. The van der Waals surface area contributed by atoms with Crippen LogP contribution in [0.5, 0.6) is 0 Å². The highest BCUT2D eigenvalue weighted by Crippen LogP contribution is 2.19. The fourth-order valence-corrected chi connectivity index (χ4v) is 3.46. The lowest BCUT2D eigenvalue weighted by molar-refractivity contribution is -0.130. The minimum Gasteiger partial charge on any atom is -0.338 e. The van der Waals surface area contributed by atoms with Crippen molar-refractivity contribution in [2.45, 2.75) is 12.8 Å². The molecule has 0 saturated carbocycles. The predicted molar refractivity (Wildman–Crippen MR) is 108 cm³/mol. The number of hydrogen-bond donors (Lipinski definition) is 1. The molecule has 2 aromatic rings. The topological polar surface area (TPSA) is 49.4 Å². The minimum absolute atomic E-state index is 0.0235. The van der Waals surface area contributed by atoms with E-state index in [4.69, 9.17) is 0 Å². The smallest absolute Gasteiger partial charge is 0.246 e. The summed E-state index contributed by atoms with van der Waals surface area (Å²) in [6, 6.07) is 17.2. The molecule has 0 radical (unpaired) electrons. The van der Waals surface area contributed by atoms with Gasteiger partial charge in [-0.1, -0.05) is 46.3 Å². The van der Waals surface area contributed by atoms with E-state index in [1.54, 1.807) is 17.1 Å². The van der Waals surface area contributed by atoms with E-state index in [-0.39, 0.29) is 17.7 Å². The first-order valence-corrected chi connectivity index (χ1v) is 9.49. The molecule has 1 saturated heterocycles. The highest BCUT2D eigenvalue weighted by atomic mass is 79.9. The Labute approximate surface area is 162 Å². The largest absolute Gasteiger partial charge is 0.338 e. The van der Waals surface area contributed by atoms with Gasteiger partial charge >= 0.3 is 0 Å². The van der Waals surface area contributed by atoms with Crippen LogP contribution in [0.25, 0.3) is 6.08 Å². The second-order valence-corrected chi connectivity index (χ2v) is 7.28. The van der Waals surface area contributed by atoms with E-state index < -0.39 is 0 Å². The van der Waals surface area contributed by atoms with Gasteiger partial charge < -0.3 is 10.2 Å². The number of amides is 2. The SMILES string of the molecule is O=C(Nc1ccccc1)C1CCCN(C(=O)C=Cc2cccc(Br)c2)C1. The fourth-order valence-electron chi connectivity index (χ4n) is 3.04. The van der Waals surface area contributed by atoms with Crippen LogP contribution >= 0.6 is 15.9 Å². The van der Waals surface area contributed by atoms with Crippen LogP contribution in [-0.2, 0) is 9.59 Å². The quantitative estimate of drug-likeness (QED) is 0.759. The number of para-hydroxylation sites is 1. The van der Waals surface area contributed by atoms with Crippen LogP contribution in [-0.4, -0.2) is 29.8 Å². The Morgan fingerprint density at radius 3 is 2.69 bits per heavy atom. The van der Waals surface area contributed by atoms with Crippen LogP contribution in [0.3, 0.4) is 0 Å². The molecule has 1 N–H and O–H groups in total. The summed E-state index contributed by atoms with van der Waals surface area (Å²) in [5.41, 5.74) is 1.75. The molecule has 26 heavy (non-hydrogen) atoms. The molecule has 1 aliphatic heterocycles. The number of halogens is 1. The zero-order chi connectivity index (χ0) is 18.4. The van der Waals surface area contributed by atoms with Crippen LogP contribution in [0.4, 0.5) is 5.69 Å². The van der Waals surface area contributed by atoms with Crippen molar-refractivity contribution >= 4 is 39.5 Å². The van der Waals surface area contributed by atoms with Gasteiger partial charge in [0.15, 0.2) is 0 Å². The molecule has 1 heterocycles. The number of anilines is 1. The van der Waals surface area contributed by atoms with Crippen molar-refractivity contribution in [3.63, 3.8) is 0 Å². The average Bonchev–Trinajstić information content (AvgIpc) is 2.67. The zero-order valence-corrected chi connectivity index (χ0v) is 16.0. The van der Waals surface area contributed by atoms with Crippen molar-refractivity contribution in [2.75, 3.05) is 18.4 Å². The molecule has 2 amide bonds. The van der Waals surface area contributed by atoms with E-state index in [2.05, 4.69) is 21.2 Å². The minimum atomic E-state index is -0.174. The van der Waals surface area contributed by atoms with Gasteiger partial charge in [-0.2, -0.15) is 0 Å². The van der Waals surface area contributed by atoms with Crippen LogP contribution in [0.1, 0.15) is 18.4 Å². The number of nitrogens with one attached hydrogen (secondary N) is 1. The maximum absolute atomic E-state index is 12.5. The van der Waals surface area contributed by atoms with E-state index in [9.17, 15) is 9.59 Å². The molecular formula is C21H21BrN2O2. The van der Waals surface area contributed by atoms with Gasteiger partial charge in [-0.3, -0.25) is 9.59 Å². The molecule has 4 nitrogen and oxygen atoms in total. The van der Waals surface area contributed by atoms with Crippen molar-refractivity contribution in [2.24, 2.45) is 5.92 Å². The van der Waals surface area contributed by atoms with Gasteiger partial charge in [0.2, 0.25) is 11.8 Å². The maximum atomic E-state index is 12.5. The van der Waals surface area contributed by atoms with E-state index in [1.807, 2.05) is 54.6 Å². The summed E-state index contributed by atoms with van der Waals surface area (Å²) in [6.07, 6.45) is 5.03. The van der Waals surface area contributed by atoms with E-state index in [1.165, 1.54) is 0 Å². The summed E-state index contributed by atoms with van der Waals surface area (Å²) in [5.74, 6) is -0.251. The molecule has 1 aliphatic rings. The van der Waals surface area contributed by atoms with Gasteiger partial charge in [-0.25, -0.2) is 0 Å². The molecule has 1 fully saturated rings. The van der Waals surface area contributed by atoms with Crippen molar-refractivity contribution in [3.05, 3.63) is 70.7 Å². The van der Waals surface area contributed by atoms with Gasteiger partial charge in [0, 0.05) is 29.3 Å². The molecule has 134 valence electrons. The number of rotatable bonds is 4. The molecule has 2 aromatic carbocycles. The highest BCUT2D eigenvalue weighted by Gasteiger charge is 2.27. The fraction of sp³-hybridized carbons (Fsp3) is 0.238. The molecule has 0 spiro atoms. The Kier molecular flexibility index (Phi) is 6.23. The zero-order valence-electron chi connectivity index (χ0n) is 14.4. The Bertz CT molecular complexity index is 805. The summed E-state index contributed by atoms with van der Waals surface area (Å²) in [7, 11) is 0. The Morgan fingerprint density at radius 2 is 1.92 bits per heavy atom. The molecule has 0 aliphatic carbocycles. The van der Waals surface area contributed by atoms with Gasteiger partial charge in [-0.15, -0.1) is 0 Å². The van der Waals surface area contributed by atoms with Gasteiger partial charge in [0.25, 0.3) is 0 Å². The van der Waals surface area contributed by atoms with E-state index in [0.29, 0.717) is 13.1 Å². The molecule has 0 bridgehead atoms. The lowest BCUT2D eigenvalue weighted by Crippen LogP contribution is -2.43. The average molecular weight is 413 g/mol. The third-order valence-electron chi connectivity index (χ3n) is 4.41. The number of likely N-dealkylation sites (tertiary alicyclic amines) is 1. The maximum Gasteiger partial charge on any atom is 0.246 e. The Hall–Kier alpha value is -2.40. The highest BCUT2D eigenvalue weighted by molar-refractivity contribution is 9.10. The Balaban J connectivity index is 1.59. The van der Waals surface area contributed by atoms with Crippen molar-refractivity contribution in [1.29, 1.82) is 0 Å².